The highest BCUT2D eigenvalue weighted by Crippen LogP contribution is 2.37. The molecular formula is C18H14F6N2O4. The molecule has 2 rings (SSSR count). The minimum Gasteiger partial charge on any atom is -0.465 e. The highest BCUT2D eigenvalue weighted by Gasteiger charge is 2.38. The molecule has 0 spiro atoms. The van der Waals surface area contributed by atoms with Crippen molar-refractivity contribution in [3.8, 4) is 0 Å². The molecule has 0 atom stereocenters. The molecule has 0 saturated carbocycles. The van der Waals surface area contributed by atoms with Gasteiger partial charge in [-0.2, -0.15) is 26.3 Å². The second-order valence-electron chi connectivity index (χ2n) is 6.06. The molecule has 0 radical (unpaired) electrons. The van der Waals surface area contributed by atoms with Gasteiger partial charge in [0.1, 0.15) is 0 Å². The quantitative estimate of drug-likeness (QED) is 0.307. The summed E-state index contributed by atoms with van der Waals surface area (Å²) in [6.45, 7) is -0.841. The number of rotatable bonds is 6. The maximum Gasteiger partial charge on any atom is 0.416 e. The molecule has 6 nitrogen and oxygen atoms in total. The Hall–Kier alpha value is -3.15. The SMILES string of the molecule is COC(=O)c1ccc([N+](=O)[O-])c(CNCc2ccc(C(F)(F)F)cc2C(F)(F)F)c1. The van der Waals surface area contributed by atoms with Crippen LogP contribution in [0.5, 0.6) is 0 Å². The Morgan fingerprint density at radius 1 is 1.00 bits per heavy atom. The summed E-state index contributed by atoms with van der Waals surface area (Å²) < 4.78 is 82.2. The number of hydrogen-bond acceptors (Lipinski definition) is 5. The van der Waals surface area contributed by atoms with Crippen LogP contribution in [0.15, 0.2) is 36.4 Å². The number of nitrogens with zero attached hydrogens (tertiary/aromatic N) is 1. The summed E-state index contributed by atoms with van der Waals surface area (Å²) in [7, 11) is 1.10. The molecule has 0 saturated heterocycles. The third kappa shape index (κ3) is 5.47. The Labute approximate surface area is 165 Å². The van der Waals surface area contributed by atoms with Crippen LogP contribution in [0.3, 0.4) is 0 Å². The molecule has 0 amide bonds. The second kappa shape index (κ2) is 8.69. The molecule has 0 aliphatic heterocycles. The number of carbonyl (C=O) groups excluding carboxylic acids is 1. The lowest BCUT2D eigenvalue weighted by Crippen LogP contribution is -2.19. The van der Waals surface area contributed by atoms with Crippen LogP contribution >= 0.6 is 0 Å². The molecule has 0 unspecified atom stereocenters. The number of ether oxygens (including phenoxy) is 1. The Morgan fingerprint density at radius 3 is 2.17 bits per heavy atom. The first-order valence-electron chi connectivity index (χ1n) is 8.18. The first-order chi connectivity index (χ1) is 13.8. The lowest BCUT2D eigenvalue weighted by molar-refractivity contribution is -0.385. The third-order valence-electron chi connectivity index (χ3n) is 4.07. The monoisotopic (exact) mass is 436 g/mol. The fourth-order valence-electron chi connectivity index (χ4n) is 2.65. The standard InChI is InChI=1S/C18H14F6N2O4/c1-30-16(27)10-3-5-15(26(28)29)12(6-10)9-25-8-11-2-4-13(17(19,20)21)7-14(11)18(22,23)24/h2-7,25H,8-9H2,1H3. The van der Waals surface area contributed by atoms with E-state index in [1.807, 2.05) is 0 Å². The Bertz CT molecular complexity index is 957. The lowest BCUT2D eigenvalue weighted by atomic mass is 10.0. The molecule has 2 aromatic rings. The molecule has 0 bridgehead atoms. The number of halogens is 6. The van der Waals surface area contributed by atoms with Crippen molar-refractivity contribution in [2.24, 2.45) is 0 Å². The van der Waals surface area contributed by atoms with E-state index in [2.05, 4.69) is 10.1 Å². The van der Waals surface area contributed by atoms with Crippen molar-refractivity contribution in [1.82, 2.24) is 5.32 Å². The van der Waals surface area contributed by atoms with Gasteiger partial charge in [0.25, 0.3) is 5.69 Å². The van der Waals surface area contributed by atoms with Crippen LogP contribution in [-0.4, -0.2) is 18.0 Å². The minimum atomic E-state index is -5.03. The van der Waals surface area contributed by atoms with E-state index in [1.165, 1.54) is 0 Å². The first kappa shape index (κ1) is 23.1. The van der Waals surface area contributed by atoms with Crippen LogP contribution in [0.4, 0.5) is 32.0 Å². The predicted octanol–water partition coefficient (Wildman–Crippen LogP) is 4.71. The molecule has 0 aliphatic rings. The smallest absolute Gasteiger partial charge is 0.416 e. The maximum atomic E-state index is 13.2. The molecule has 2 aromatic carbocycles. The zero-order chi connectivity index (χ0) is 22.7. The van der Waals surface area contributed by atoms with Gasteiger partial charge in [0.05, 0.1) is 28.7 Å². The van der Waals surface area contributed by atoms with Crippen molar-refractivity contribution < 1.29 is 40.8 Å². The molecular weight excluding hydrogens is 422 g/mol. The van der Waals surface area contributed by atoms with E-state index in [0.29, 0.717) is 12.1 Å². The van der Waals surface area contributed by atoms with E-state index in [1.54, 1.807) is 0 Å². The van der Waals surface area contributed by atoms with Crippen molar-refractivity contribution in [3.63, 3.8) is 0 Å². The Morgan fingerprint density at radius 2 is 1.63 bits per heavy atom. The summed E-state index contributed by atoms with van der Waals surface area (Å²) in [6.07, 6.45) is -9.98. The summed E-state index contributed by atoms with van der Waals surface area (Å²) in [5.41, 5.74) is -3.79. The van der Waals surface area contributed by atoms with Crippen molar-refractivity contribution in [2.75, 3.05) is 7.11 Å². The number of alkyl halides is 6. The molecule has 0 aromatic heterocycles. The van der Waals surface area contributed by atoms with Gasteiger partial charge >= 0.3 is 18.3 Å². The highest BCUT2D eigenvalue weighted by atomic mass is 19.4. The van der Waals surface area contributed by atoms with Crippen LogP contribution in [0, 0.1) is 10.1 Å². The van der Waals surface area contributed by atoms with Crippen molar-refractivity contribution in [1.29, 1.82) is 0 Å². The summed E-state index contributed by atoms with van der Waals surface area (Å²) in [5.74, 6) is -0.770. The lowest BCUT2D eigenvalue weighted by Gasteiger charge is -2.16. The summed E-state index contributed by atoms with van der Waals surface area (Å²) in [6, 6.07) is 4.57. The molecule has 1 N–H and O–H groups in total. The minimum absolute atomic E-state index is 0.00888. The van der Waals surface area contributed by atoms with E-state index in [0.717, 1.165) is 25.3 Å². The van der Waals surface area contributed by atoms with Gasteiger partial charge in [-0.3, -0.25) is 10.1 Å². The average molecular weight is 436 g/mol. The third-order valence-corrected chi connectivity index (χ3v) is 4.07. The van der Waals surface area contributed by atoms with Gasteiger partial charge < -0.3 is 10.1 Å². The number of benzene rings is 2. The predicted molar refractivity (Wildman–Crippen MR) is 91.4 cm³/mol. The van der Waals surface area contributed by atoms with Crippen LogP contribution in [0.25, 0.3) is 0 Å². The number of nitrogens with one attached hydrogen (secondary N) is 1. The van der Waals surface area contributed by atoms with Gasteiger partial charge in [0.2, 0.25) is 0 Å². The number of esters is 1. The van der Waals surface area contributed by atoms with E-state index >= 15 is 0 Å². The fourth-order valence-corrected chi connectivity index (χ4v) is 2.65. The Balaban J connectivity index is 2.28. The molecule has 162 valence electrons. The molecule has 0 heterocycles. The van der Waals surface area contributed by atoms with Gasteiger partial charge in [-0.15, -0.1) is 0 Å². The second-order valence-corrected chi connectivity index (χ2v) is 6.06. The topological polar surface area (TPSA) is 81.5 Å². The molecule has 30 heavy (non-hydrogen) atoms. The van der Waals surface area contributed by atoms with E-state index in [4.69, 9.17) is 0 Å². The van der Waals surface area contributed by atoms with Crippen molar-refractivity contribution in [3.05, 3.63) is 74.3 Å². The molecule has 12 heteroatoms. The van der Waals surface area contributed by atoms with Gasteiger partial charge in [-0.25, -0.2) is 4.79 Å². The average Bonchev–Trinajstić information content (AvgIpc) is 2.65. The van der Waals surface area contributed by atoms with Crippen LogP contribution in [-0.2, 0) is 30.2 Å². The normalized spacial score (nSPS) is 12.0. The van der Waals surface area contributed by atoms with Gasteiger partial charge in [-0.05, 0) is 29.8 Å². The zero-order valence-corrected chi connectivity index (χ0v) is 15.2. The van der Waals surface area contributed by atoms with Crippen molar-refractivity contribution in [2.45, 2.75) is 25.4 Å². The van der Waals surface area contributed by atoms with Crippen molar-refractivity contribution >= 4 is 11.7 Å². The Kier molecular flexibility index (Phi) is 6.70. The number of methoxy groups -OCH3 is 1. The first-order valence-corrected chi connectivity index (χ1v) is 8.18. The summed E-state index contributed by atoms with van der Waals surface area (Å²) in [5, 5.41) is 13.7. The van der Waals surface area contributed by atoms with Gasteiger partial charge in [-0.1, -0.05) is 6.07 Å². The molecule has 0 fully saturated rings. The van der Waals surface area contributed by atoms with Gasteiger partial charge in [0.15, 0.2) is 0 Å². The van der Waals surface area contributed by atoms with Crippen LogP contribution in [0.1, 0.15) is 32.6 Å². The number of carbonyl (C=O) groups is 1. The molecule has 0 aliphatic carbocycles. The fraction of sp³-hybridized carbons (Fsp3) is 0.278. The maximum absolute atomic E-state index is 13.2. The summed E-state index contributed by atoms with van der Waals surface area (Å²) >= 11 is 0. The zero-order valence-electron chi connectivity index (χ0n) is 15.2. The summed E-state index contributed by atoms with van der Waals surface area (Å²) in [4.78, 5) is 22.0. The van der Waals surface area contributed by atoms with Crippen LogP contribution < -0.4 is 5.32 Å². The van der Waals surface area contributed by atoms with Gasteiger partial charge in [0, 0.05) is 24.7 Å². The number of nitro groups is 1. The van der Waals surface area contributed by atoms with E-state index in [9.17, 15) is 41.3 Å². The van der Waals surface area contributed by atoms with Crippen LogP contribution in [0.2, 0.25) is 0 Å². The van der Waals surface area contributed by atoms with E-state index < -0.39 is 52.2 Å². The van der Waals surface area contributed by atoms with E-state index in [-0.39, 0.29) is 23.7 Å². The largest absolute Gasteiger partial charge is 0.465 e. The number of hydrogen-bond donors (Lipinski definition) is 1. The highest BCUT2D eigenvalue weighted by molar-refractivity contribution is 5.89. The number of nitro benzene ring substituents is 1.